The van der Waals surface area contributed by atoms with Gasteiger partial charge in [0.15, 0.2) is 0 Å². The number of hydrogen-bond donors (Lipinski definition) is 2. The molecule has 3 N–H and O–H groups in total. The smallest absolute Gasteiger partial charge is 0.326 e. The summed E-state index contributed by atoms with van der Waals surface area (Å²) < 4.78 is 0. The zero-order valence-corrected chi connectivity index (χ0v) is 7.61. The molecule has 1 rings (SSSR count). The molecule has 0 bridgehead atoms. The summed E-state index contributed by atoms with van der Waals surface area (Å²) in [6.45, 7) is 3.60. The first-order chi connectivity index (χ1) is 6.02. The number of nitrogens with two attached hydrogens (primary N) is 1. The van der Waals surface area contributed by atoms with E-state index in [4.69, 9.17) is 10.8 Å². The molecule has 1 heterocycles. The summed E-state index contributed by atoms with van der Waals surface area (Å²) in [7, 11) is 0. The third-order valence-electron chi connectivity index (χ3n) is 1.84. The van der Waals surface area contributed by atoms with Crippen LogP contribution < -0.4 is 5.73 Å². The number of aromatic nitrogens is 1. The lowest BCUT2D eigenvalue weighted by molar-refractivity contribution is -0.138. The SMILES string of the molecule is Cc1ccc(C)c(C(N)C(=O)O)n1. The molecule has 4 nitrogen and oxygen atoms in total. The predicted octanol–water partition coefficient (Wildman–Crippen LogP) is 0.783. The Labute approximate surface area is 76.4 Å². The molecule has 0 radical (unpaired) electrons. The minimum Gasteiger partial charge on any atom is -0.480 e. The molecule has 0 aromatic carbocycles. The standard InChI is InChI=1S/C9H12N2O2/c1-5-3-4-6(2)11-8(5)7(10)9(12)13/h3-4,7H,10H2,1-2H3,(H,12,13). The Balaban J connectivity index is 3.12. The number of carboxylic acids is 1. The second kappa shape index (κ2) is 3.53. The van der Waals surface area contributed by atoms with Crippen LogP contribution in [0.25, 0.3) is 0 Å². The second-order valence-corrected chi connectivity index (χ2v) is 2.97. The van der Waals surface area contributed by atoms with Crippen LogP contribution >= 0.6 is 0 Å². The minimum atomic E-state index is -1.05. The third kappa shape index (κ3) is 2.03. The van der Waals surface area contributed by atoms with Gasteiger partial charge < -0.3 is 10.8 Å². The quantitative estimate of drug-likeness (QED) is 0.705. The van der Waals surface area contributed by atoms with E-state index >= 15 is 0 Å². The third-order valence-corrected chi connectivity index (χ3v) is 1.84. The van der Waals surface area contributed by atoms with Gasteiger partial charge in [-0.3, -0.25) is 9.78 Å². The van der Waals surface area contributed by atoms with Crippen LogP contribution in [0.4, 0.5) is 0 Å². The molecule has 0 fully saturated rings. The van der Waals surface area contributed by atoms with Crippen LogP contribution in [0.15, 0.2) is 12.1 Å². The Bertz CT molecular complexity index is 336. The zero-order chi connectivity index (χ0) is 10.0. The molecule has 1 atom stereocenters. The monoisotopic (exact) mass is 180 g/mol. The summed E-state index contributed by atoms with van der Waals surface area (Å²) in [6, 6.07) is 2.62. The van der Waals surface area contributed by atoms with Gasteiger partial charge in [0, 0.05) is 5.69 Å². The topological polar surface area (TPSA) is 76.2 Å². The summed E-state index contributed by atoms with van der Waals surface area (Å²) in [5.41, 5.74) is 7.46. The van der Waals surface area contributed by atoms with Crippen molar-refractivity contribution in [2.24, 2.45) is 5.73 Å². The molecule has 70 valence electrons. The lowest BCUT2D eigenvalue weighted by Gasteiger charge is -2.09. The highest BCUT2D eigenvalue weighted by atomic mass is 16.4. The fourth-order valence-corrected chi connectivity index (χ4v) is 1.08. The molecular formula is C9H12N2O2. The Morgan fingerprint density at radius 2 is 2.15 bits per heavy atom. The molecule has 0 aliphatic carbocycles. The van der Waals surface area contributed by atoms with Crippen molar-refractivity contribution in [2.45, 2.75) is 19.9 Å². The van der Waals surface area contributed by atoms with Crippen molar-refractivity contribution < 1.29 is 9.90 Å². The van der Waals surface area contributed by atoms with Crippen LogP contribution in [-0.4, -0.2) is 16.1 Å². The van der Waals surface area contributed by atoms with Crippen LogP contribution in [-0.2, 0) is 4.79 Å². The van der Waals surface area contributed by atoms with Crippen molar-refractivity contribution in [1.82, 2.24) is 4.98 Å². The molecular weight excluding hydrogens is 168 g/mol. The van der Waals surface area contributed by atoms with E-state index in [-0.39, 0.29) is 0 Å². The number of nitrogens with zero attached hydrogens (tertiary/aromatic N) is 1. The fraction of sp³-hybridized carbons (Fsp3) is 0.333. The highest BCUT2D eigenvalue weighted by molar-refractivity contribution is 5.75. The van der Waals surface area contributed by atoms with Crippen LogP contribution in [0, 0.1) is 13.8 Å². The molecule has 4 heteroatoms. The molecule has 0 aliphatic heterocycles. The van der Waals surface area contributed by atoms with Crippen molar-refractivity contribution in [3.05, 3.63) is 29.1 Å². The maximum atomic E-state index is 10.6. The van der Waals surface area contributed by atoms with E-state index in [0.29, 0.717) is 5.69 Å². The molecule has 1 aromatic rings. The first-order valence-corrected chi connectivity index (χ1v) is 3.95. The number of carbonyl (C=O) groups is 1. The van der Waals surface area contributed by atoms with Crippen LogP contribution in [0.2, 0.25) is 0 Å². The highest BCUT2D eigenvalue weighted by Crippen LogP contribution is 2.13. The lowest BCUT2D eigenvalue weighted by Crippen LogP contribution is -2.23. The number of rotatable bonds is 2. The van der Waals surface area contributed by atoms with Crippen molar-refractivity contribution in [1.29, 1.82) is 0 Å². The summed E-state index contributed by atoms with van der Waals surface area (Å²) in [5, 5.41) is 8.69. The molecule has 1 aromatic heterocycles. The second-order valence-electron chi connectivity index (χ2n) is 2.97. The van der Waals surface area contributed by atoms with E-state index < -0.39 is 12.0 Å². The summed E-state index contributed by atoms with van der Waals surface area (Å²) in [5.74, 6) is -1.05. The first kappa shape index (κ1) is 9.67. The van der Waals surface area contributed by atoms with Gasteiger partial charge in [0.05, 0.1) is 5.69 Å². The highest BCUT2D eigenvalue weighted by Gasteiger charge is 2.17. The van der Waals surface area contributed by atoms with Crippen molar-refractivity contribution in [3.63, 3.8) is 0 Å². The average Bonchev–Trinajstić information content (AvgIpc) is 2.08. The first-order valence-electron chi connectivity index (χ1n) is 3.95. The largest absolute Gasteiger partial charge is 0.480 e. The number of aryl methyl sites for hydroxylation is 2. The Hall–Kier alpha value is -1.42. The normalized spacial score (nSPS) is 12.5. The van der Waals surface area contributed by atoms with E-state index in [1.807, 2.05) is 12.1 Å². The van der Waals surface area contributed by atoms with Crippen LogP contribution in [0.5, 0.6) is 0 Å². The van der Waals surface area contributed by atoms with Gasteiger partial charge in [0.1, 0.15) is 6.04 Å². The van der Waals surface area contributed by atoms with Crippen molar-refractivity contribution in [2.75, 3.05) is 0 Å². The van der Waals surface area contributed by atoms with Gasteiger partial charge in [0.2, 0.25) is 0 Å². The van der Waals surface area contributed by atoms with Gasteiger partial charge in [-0.25, -0.2) is 0 Å². The lowest BCUT2D eigenvalue weighted by atomic mass is 10.1. The molecule has 0 spiro atoms. The van der Waals surface area contributed by atoms with Gasteiger partial charge >= 0.3 is 5.97 Å². The molecule has 0 saturated heterocycles. The number of pyridine rings is 1. The minimum absolute atomic E-state index is 0.438. The van der Waals surface area contributed by atoms with Crippen molar-refractivity contribution >= 4 is 5.97 Å². The number of hydrogen-bond acceptors (Lipinski definition) is 3. The summed E-state index contributed by atoms with van der Waals surface area (Å²) in [4.78, 5) is 14.7. The van der Waals surface area contributed by atoms with E-state index in [1.165, 1.54) is 0 Å². The van der Waals surface area contributed by atoms with Gasteiger partial charge in [-0.2, -0.15) is 0 Å². The Morgan fingerprint density at radius 3 is 2.69 bits per heavy atom. The molecule has 1 unspecified atom stereocenters. The Morgan fingerprint density at radius 1 is 1.54 bits per heavy atom. The molecule has 0 saturated carbocycles. The van der Waals surface area contributed by atoms with Gasteiger partial charge in [-0.15, -0.1) is 0 Å². The van der Waals surface area contributed by atoms with E-state index in [0.717, 1.165) is 11.3 Å². The summed E-state index contributed by atoms with van der Waals surface area (Å²) in [6.07, 6.45) is 0. The zero-order valence-electron chi connectivity index (χ0n) is 7.61. The summed E-state index contributed by atoms with van der Waals surface area (Å²) >= 11 is 0. The fourth-order valence-electron chi connectivity index (χ4n) is 1.08. The van der Waals surface area contributed by atoms with Gasteiger partial charge in [-0.05, 0) is 25.5 Å². The Kier molecular flexibility index (Phi) is 2.63. The number of aliphatic carboxylic acids is 1. The van der Waals surface area contributed by atoms with E-state index in [1.54, 1.807) is 13.8 Å². The molecule has 0 aliphatic rings. The average molecular weight is 180 g/mol. The van der Waals surface area contributed by atoms with Crippen LogP contribution in [0.3, 0.4) is 0 Å². The van der Waals surface area contributed by atoms with Gasteiger partial charge in [0.25, 0.3) is 0 Å². The number of carboxylic acid groups (broad SMARTS) is 1. The van der Waals surface area contributed by atoms with Gasteiger partial charge in [-0.1, -0.05) is 6.07 Å². The molecule has 13 heavy (non-hydrogen) atoms. The van der Waals surface area contributed by atoms with E-state index in [2.05, 4.69) is 4.98 Å². The predicted molar refractivity (Wildman–Crippen MR) is 48.3 cm³/mol. The maximum absolute atomic E-state index is 10.6. The molecule has 0 amide bonds. The van der Waals surface area contributed by atoms with Crippen LogP contribution in [0.1, 0.15) is 23.0 Å². The maximum Gasteiger partial charge on any atom is 0.326 e. The van der Waals surface area contributed by atoms with Crippen molar-refractivity contribution in [3.8, 4) is 0 Å². The van der Waals surface area contributed by atoms with E-state index in [9.17, 15) is 4.79 Å².